The van der Waals surface area contributed by atoms with Crippen molar-refractivity contribution < 1.29 is 29.9 Å². The summed E-state index contributed by atoms with van der Waals surface area (Å²) >= 11 is 0. The molecule has 6 nitrogen and oxygen atoms in total. The largest absolute Gasteiger partial charge is 0.391 e. The van der Waals surface area contributed by atoms with Crippen molar-refractivity contribution in [2.75, 3.05) is 13.2 Å². The standard InChI is InChI=1S/C15H30O6/c1-2-3-4-5-6-7-8-11(16)9-20-15-14(19)13(18)12(17)10-21-15/h11-19H,2-10H2,1H3/t11?,12-,13+,14-,15?/m1/s1. The van der Waals surface area contributed by atoms with Crippen molar-refractivity contribution in [1.29, 1.82) is 0 Å². The lowest BCUT2D eigenvalue weighted by molar-refractivity contribution is -0.274. The predicted octanol–water partition coefficient (Wildman–Crippen LogP) is 0.553. The Morgan fingerprint density at radius 2 is 1.71 bits per heavy atom. The van der Waals surface area contributed by atoms with Gasteiger partial charge in [0.2, 0.25) is 0 Å². The van der Waals surface area contributed by atoms with E-state index in [4.69, 9.17) is 9.47 Å². The van der Waals surface area contributed by atoms with E-state index in [1.807, 2.05) is 0 Å². The van der Waals surface area contributed by atoms with E-state index in [1.54, 1.807) is 0 Å². The monoisotopic (exact) mass is 306 g/mol. The fraction of sp³-hybridized carbons (Fsp3) is 1.00. The minimum Gasteiger partial charge on any atom is -0.391 e. The van der Waals surface area contributed by atoms with Crippen molar-refractivity contribution in [1.82, 2.24) is 0 Å². The van der Waals surface area contributed by atoms with Crippen LogP contribution in [-0.2, 0) is 9.47 Å². The van der Waals surface area contributed by atoms with Crippen molar-refractivity contribution in [2.45, 2.75) is 82.6 Å². The van der Waals surface area contributed by atoms with Crippen LogP contribution in [0.1, 0.15) is 51.9 Å². The molecule has 1 saturated heterocycles. The van der Waals surface area contributed by atoms with Crippen LogP contribution in [0.15, 0.2) is 0 Å². The number of hydrogen-bond acceptors (Lipinski definition) is 6. The van der Waals surface area contributed by atoms with Gasteiger partial charge in [-0.1, -0.05) is 45.4 Å². The highest BCUT2D eigenvalue weighted by atomic mass is 16.7. The van der Waals surface area contributed by atoms with E-state index in [1.165, 1.54) is 25.7 Å². The van der Waals surface area contributed by atoms with E-state index in [9.17, 15) is 20.4 Å². The van der Waals surface area contributed by atoms with E-state index in [0.29, 0.717) is 6.42 Å². The van der Waals surface area contributed by atoms with Crippen LogP contribution in [-0.4, -0.2) is 64.3 Å². The van der Waals surface area contributed by atoms with Gasteiger partial charge in [-0.15, -0.1) is 0 Å². The van der Waals surface area contributed by atoms with E-state index < -0.39 is 30.7 Å². The minimum atomic E-state index is -1.30. The van der Waals surface area contributed by atoms with Crippen LogP contribution in [0.25, 0.3) is 0 Å². The molecule has 1 rings (SSSR count). The van der Waals surface area contributed by atoms with Crippen molar-refractivity contribution >= 4 is 0 Å². The zero-order chi connectivity index (χ0) is 15.7. The Hall–Kier alpha value is -0.240. The van der Waals surface area contributed by atoms with Gasteiger partial charge in [-0.2, -0.15) is 0 Å². The van der Waals surface area contributed by atoms with Crippen LogP contribution in [0.5, 0.6) is 0 Å². The number of ether oxygens (including phenoxy) is 2. The van der Waals surface area contributed by atoms with Gasteiger partial charge in [-0.05, 0) is 6.42 Å². The second-order valence-electron chi connectivity index (χ2n) is 5.79. The number of rotatable bonds is 10. The second-order valence-corrected chi connectivity index (χ2v) is 5.79. The number of unbranched alkanes of at least 4 members (excludes halogenated alkanes) is 5. The molecule has 0 bridgehead atoms. The number of aliphatic hydroxyl groups is 4. The van der Waals surface area contributed by atoms with Crippen LogP contribution in [0.2, 0.25) is 0 Å². The summed E-state index contributed by atoms with van der Waals surface area (Å²) in [5.74, 6) is 0. The van der Waals surface area contributed by atoms with Crippen molar-refractivity contribution in [3.8, 4) is 0 Å². The van der Waals surface area contributed by atoms with Crippen molar-refractivity contribution in [3.63, 3.8) is 0 Å². The van der Waals surface area contributed by atoms with Crippen LogP contribution in [0.3, 0.4) is 0 Å². The average molecular weight is 306 g/mol. The van der Waals surface area contributed by atoms with E-state index in [-0.39, 0.29) is 13.2 Å². The van der Waals surface area contributed by atoms with Gasteiger partial charge in [0.05, 0.1) is 19.3 Å². The fourth-order valence-corrected chi connectivity index (χ4v) is 2.38. The molecule has 0 aromatic carbocycles. The minimum absolute atomic E-state index is 0.0551. The molecule has 1 aliphatic rings. The van der Waals surface area contributed by atoms with Gasteiger partial charge >= 0.3 is 0 Å². The first-order valence-corrected chi connectivity index (χ1v) is 8.01. The van der Waals surface area contributed by atoms with E-state index in [0.717, 1.165) is 12.8 Å². The summed E-state index contributed by atoms with van der Waals surface area (Å²) in [7, 11) is 0. The first kappa shape index (κ1) is 18.8. The molecule has 0 spiro atoms. The van der Waals surface area contributed by atoms with Crippen molar-refractivity contribution in [2.24, 2.45) is 0 Å². The highest BCUT2D eigenvalue weighted by Gasteiger charge is 2.38. The highest BCUT2D eigenvalue weighted by molar-refractivity contribution is 4.82. The van der Waals surface area contributed by atoms with Gasteiger partial charge in [-0.3, -0.25) is 0 Å². The molecule has 5 atom stereocenters. The lowest BCUT2D eigenvalue weighted by Crippen LogP contribution is -2.54. The maximum atomic E-state index is 9.81. The van der Waals surface area contributed by atoms with E-state index >= 15 is 0 Å². The molecule has 0 aromatic heterocycles. The molecule has 2 unspecified atom stereocenters. The van der Waals surface area contributed by atoms with Gasteiger partial charge in [0.1, 0.15) is 18.3 Å². The Morgan fingerprint density at radius 1 is 1.05 bits per heavy atom. The molecule has 0 aromatic rings. The summed E-state index contributed by atoms with van der Waals surface area (Å²) in [5.41, 5.74) is 0. The fourth-order valence-electron chi connectivity index (χ4n) is 2.38. The Balaban J connectivity index is 2.08. The molecular weight excluding hydrogens is 276 g/mol. The Bertz CT molecular complexity index is 263. The lowest BCUT2D eigenvalue weighted by atomic mass is 10.1. The van der Waals surface area contributed by atoms with Crippen LogP contribution in [0.4, 0.5) is 0 Å². The summed E-state index contributed by atoms with van der Waals surface area (Å²) < 4.78 is 10.4. The summed E-state index contributed by atoms with van der Waals surface area (Å²) in [6, 6.07) is 0. The quantitative estimate of drug-likeness (QED) is 0.440. The number of aliphatic hydroxyl groups excluding tert-OH is 4. The maximum Gasteiger partial charge on any atom is 0.186 e. The topological polar surface area (TPSA) is 99.4 Å². The molecule has 1 aliphatic heterocycles. The third-order valence-electron chi connectivity index (χ3n) is 3.80. The van der Waals surface area contributed by atoms with Gasteiger partial charge in [0.25, 0.3) is 0 Å². The van der Waals surface area contributed by atoms with Gasteiger partial charge < -0.3 is 29.9 Å². The molecule has 21 heavy (non-hydrogen) atoms. The third-order valence-corrected chi connectivity index (χ3v) is 3.80. The van der Waals surface area contributed by atoms with Crippen LogP contribution < -0.4 is 0 Å². The van der Waals surface area contributed by atoms with Crippen LogP contribution in [0, 0.1) is 0 Å². The molecule has 0 aliphatic carbocycles. The van der Waals surface area contributed by atoms with Crippen LogP contribution >= 0.6 is 0 Å². The highest BCUT2D eigenvalue weighted by Crippen LogP contribution is 2.17. The summed E-state index contributed by atoms with van der Waals surface area (Å²) in [6.07, 6.45) is 2.34. The Kier molecular flexibility index (Phi) is 9.39. The average Bonchev–Trinajstić information content (AvgIpc) is 2.47. The molecule has 1 fully saturated rings. The zero-order valence-electron chi connectivity index (χ0n) is 12.9. The molecular formula is C15H30O6. The molecule has 6 heteroatoms. The lowest BCUT2D eigenvalue weighted by Gasteiger charge is -2.35. The molecule has 126 valence electrons. The molecule has 1 heterocycles. The second kappa shape index (κ2) is 10.5. The molecule has 0 radical (unpaired) electrons. The van der Waals surface area contributed by atoms with Gasteiger partial charge in [0, 0.05) is 0 Å². The first-order valence-electron chi connectivity index (χ1n) is 8.01. The maximum absolute atomic E-state index is 9.81. The molecule has 0 saturated carbocycles. The summed E-state index contributed by atoms with van der Waals surface area (Å²) in [5, 5.41) is 38.3. The number of hydrogen-bond donors (Lipinski definition) is 4. The molecule has 4 N–H and O–H groups in total. The molecule has 0 amide bonds. The predicted molar refractivity (Wildman–Crippen MR) is 77.7 cm³/mol. The Labute approximate surface area is 126 Å². The van der Waals surface area contributed by atoms with Gasteiger partial charge in [-0.25, -0.2) is 0 Å². The summed E-state index contributed by atoms with van der Waals surface area (Å²) in [4.78, 5) is 0. The first-order chi connectivity index (χ1) is 10.1. The normalized spacial score (nSPS) is 31.3. The Morgan fingerprint density at radius 3 is 2.43 bits per heavy atom. The smallest absolute Gasteiger partial charge is 0.186 e. The third kappa shape index (κ3) is 7.04. The van der Waals surface area contributed by atoms with E-state index in [2.05, 4.69) is 6.92 Å². The zero-order valence-corrected chi connectivity index (χ0v) is 12.9. The van der Waals surface area contributed by atoms with Crippen molar-refractivity contribution in [3.05, 3.63) is 0 Å². The van der Waals surface area contributed by atoms with Gasteiger partial charge in [0.15, 0.2) is 6.29 Å². The SMILES string of the molecule is CCCCCCCCC(O)COC1OC[C@@H](O)[C@H](O)[C@H]1O. The summed E-state index contributed by atoms with van der Waals surface area (Å²) in [6.45, 7) is 2.15.